The highest BCUT2D eigenvalue weighted by molar-refractivity contribution is 6.23. The lowest BCUT2D eigenvalue weighted by atomic mass is 10.1. The van der Waals surface area contributed by atoms with Gasteiger partial charge in [0.15, 0.2) is 0 Å². The summed E-state index contributed by atoms with van der Waals surface area (Å²) in [6, 6.07) is 17.8. The third-order valence-corrected chi connectivity index (χ3v) is 5.37. The van der Waals surface area contributed by atoms with Crippen molar-refractivity contribution >= 4 is 29.1 Å². The van der Waals surface area contributed by atoms with Gasteiger partial charge in [-0.25, -0.2) is 9.29 Å². The molecule has 0 saturated carbocycles. The van der Waals surface area contributed by atoms with E-state index < -0.39 is 34.5 Å². The maximum atomic E-state index is 13.4. The zero-order chi connectivity index (χ0) is 23.5. The normalized spacial score (nSPS) is 15.5. The zero-order valence-electron chi connectivity index (χ0n) is 17.3. The largest absolute Gasteiger partial charge is 0.322 e. The number of imide groups is 1. The SMILES string of the molecule is O=C1CC(N(Cc2ccc(F)cc2)C(=O)c2ccc([N+](=O)[O-])cc2)C(=O)N1c1ccccc1. The Bertz CT molecular complexity index is 1210. The lowest BCUT2D eigenvalue weighted by Crippen LogP contribution is -2.45. The average molecular weight is 447 g/mol. The second kappa shape index (κ2) is 8.99. The molecule has 0 N–H and O–H groups in total. The Morgan fingerprint density at radius 3 is 2.24 bits per heavy atom. The molecule has 9 heteroatoms. The van der Waals surface area contributed by atoms with E-state index in [9.17, 15) is 28.9 Å². The van der Waals surface area contributed by atoms with Gasteiger partial charge in [0, 0.05) is 24.2 Å². The number of non-ortho nitro benzene ring substituents is 1. The second-order valence-corrected chi connectivity index (χ2v) is 7.49. The fraction of sp³-hybridized carbons (Fsp3) is 0.125. The van der Waals surface area contributed by atoms with Crippen LogP contribution < -0.4 is 4.90 Å². The summed E-state index contributed by atoms with van der Waals surface area (Å²) >= 11 is 0. The summed E-state index contributed by atoms with van der Waals surface area (Å²) in [6.45, 7) is -0.0532. The molecule has 8 nitrogen and oxygen atoms in total. The molecule has 3 aromatic carbocycles. The van der Waals surface area contributed by atoms with Gasteiger partial charge in [0.2, 0.25) is 5.91 Å². The van der Waals surface area contributed by atoms with Crippen LogP contribution in [0.5, 0.6) is 0 Å². The number of halogens is 1. The van der Waals surface area contributed by atoms with Gasteiger partial charge in [-0.15, -0.1) is 0 Å². The number of hydrogen-bond acceptors (Lipinski definition) is 5. The molecule has 1 unspecified atom stereocenters. The van der Waals surface area contributed by atoms with E-state index >= 15 is 0 Å². The summed E-state index contributed by atoms with van der Waals surface area (Å²) in [7, 11) is 0. The van der Waals surface area contributed by atoms with Crippen molar-refractivity contribution in [1.82, 2.24) is 4.90 Å². The highest BCUT2D eigenvalue weighted by atomic mass is 19.1. The molecular formula is C24H18FN3O5. The van der Waals surface area contributed by atoms with Gasteiger partial charge < -0.3 is 4.90 Å². The molecule has 1 heterocycles. The molecule has 0 bridgehead atoms. The molecule has 33 heavy (non-hydrogen) atoms. The van der Waals surface area contributed by atoms with E-state index in [-0.39, 0.29) is 24.2 Å². The Morgan fingerprint density at radius 2 is 1.64 bits per heavy atom. The van der Waals surface area contributed by atoms with Crippen molar-refractivity contribution in [3.05, 3.63) is 106 Å². The number of rotatable bonds is 6. The van der Waals surface area contributed by atoms with Crippen molar-refractivity contribution in [2.45, 2.75) is 19.0 Å². The van der Waals surface area contributed by atoms with Crippen LogP contribution in [0.2, 0.25) is 0 Å². The highest BCUT2D eigenvalue weighted by Crippen LogP contribution is 2.28. The van der Waals surface area contributed by atoms with E-state index in [1.807, 2.05) is 0 Å². The molecule has 1 atom stereocenters. The van der Waals surface area contributed by atoms with Crippen LogP contribution in [0.3, 0.4) is 0 Å². The Hall–Kier alpha value is -4.40. The number of nitro groups is 1. The van der Waals surface area contributed by atoms with Crippen molar-refractivity contribution in [2.24, 2.45) is 0 Å². The maximum absolute atomic E-state index is 13.4. The van der Waals surface area contributed by atoms with Crippen molar-refractivity contribution < 1.29 is 23.7 Å². The predicted octanol–water partition coefficient (Wildman–Crippen LogP) is 3.71. The van der Waals surface area contributed by atoms with Crippen molar-refractivity contribution in [3.8, 4) is 0 Å². The summed E-state index contributed by atoms with van der Waals surface area (Å²) in [4.78, 5) is 52.0. The summed E-state index contributed by atoms with van der Waals surface area (Å²) in [5, 5.41) is 10.9. The number of hydrogen-bond donors (Lipinski definition) is 0. The monoisotopic (exact) mass is 447 g/mol. The van der Waals surface area contributed by atoms with Gasteiger partial charge in [-0.2, -0.15) is 0 Å². The fourth-order valence-corrected chi connectivity index (χ4v) is 3.71. The van der Waals surface area contributed by atoms with Gasteiger partial charge in [-0.3, -0.25) is 24.5 Å². The van der Waals surface area contributed by atoms with Crippen LogP contribution in [0.1, 0.15) is 22.3 Å². The first kappa shape index (κ1) is 21.8. The lowest BCUT2D eigenvalue weighted by Gasteiger charge is -2.28. The van der Waals surface area contributed by atoms with Crippen molar-refractivity contribution in [2.75, 3.05) is 4.90 Å². The molecule has 1 fully saturated rings. The second-order valence-electron chi connectivity index (χ2n) is 7.49. The molecule has 3 aromatic rings. The van der Waals surface area contributed by atoms with Gasteiger partial charge in [0.05, 0.1) is 17.0 Å². The quantitative estimate of drug-likeness (QED) is 0.326. The number of carbonyl (C=O) groups excluding carboxylic acids is 3. The van der Waals surface area contributed by atoms with Crippen molar-refractivity contribution in [3.63, 3.8) is 0 Å². The summed E-state index contributed by atoms with van der Waals surface area (Å²) in [5.41, 5.74) is 0.907. The van der Waals surface area contributed by atoms with Crippen LogP contribution in [-0.4, -0.2) is 33.6 Å². The predicted molar refractivity (Wildman–Crippen MR) is 117 cm³/mol. The van der Waals surface area contributed by atoms with Crippen LogP contribution in [0, 0.1) is 15.9 Å². The average Bonchev–Trinajstić information content (AvgIpc) is 3.12. The topological polar surface area (TPSA) is 101 Å². The summed E-state index contributed by atoms with van der Waals surface area (Å²) in [6.07, 6.45) is -0.215. The molecular weight excluding hydrogens is 429 g/mol. The van der Waals surface area contributed by atoms with E-state index in [0.717, 1.165) is 4.90 Å². The van der Waals surface area contributed by atoms with Gasteiger partial charge in [-0.1, -0.05) is 30.3 Å². The van der Waals surface area contributed by atoms with Gasteiger partial charge >= 0.3 is 0 Å². The molecule has 1 aliphatic rings. The Labute approximate surface area is 188 Å². The molecule has 166 valence electrons. The van der Waals surface area contributed by atoms with Crippen LogP contribution in [0.4, 0.5) is 15.8 Å². The van der Waals surface area contributed by atoms with E-state index in [1.165, 1.54) is 53.4 Å². The van der Waals surface area contributed by atoms with Crippen LogP contribution in [-0.2, 0) is 16.1 Å². The first-order valence-electron chi connectivity index (χ1n) is 10.1. The van der Waals surface area contributed by atoms with E-state index in [4.69, 9.17) is 0 Å². The smallest absolute Gasteiger partial charge is 0.269 e. The highest BCUT2D eigenvalue weighted by Gasteiger charge is 2.44. The van der Waals surface area contributed by atoms with Gasteiger partial charge in [0.25, 0.3) is 17.5 Å². The number of nitrogens with zero attached hydrogens (tertiary/aromatic N) is 3. The Balaban J connectivity index is 1.68. The molecule has 1 aliphatic heterocycles. The van der Waals surface area contributed by atoms with Gasteiger partial charge in [-0.05, 0) is 42.0 Å². The first-order chi connectivity index (χ1) is 15.8. The Morgan fingerprint density at radius 1 is 1.00 bits per heavy atom. The third kappa shape index (κ3) is 4.47. The third-order valence-electron chi connectivity index (χ3n) is 5.37. The number of para-hydroxylation sites is 1. The molecule has 0 spiro atoms. The maximum Gasteiger partial charge on any atom is 0.269 e. The lowest BCUT2D eigenvalue weighted by molar-refractivity contribution is -0.384. The molecule has 0 aromatic heterocycles. The Kier molecular flexibility index (Phi) is 5.95. The van der Waals surface area contributed by atoms with Crippen LogP contribution in [0.25, 0.3) is 0 Å². The number of nitro benzene ring substituents is 1. The summed E-state index contributed by atoms with van der Waals surface area (Å²) in [5.74, 6) is -2.02. The number of anilines is 1. The minimum absolute atomic E-state index is 0.0532. The minimum Gasteiger partial charge on any atom is -0.322 e. The van der Waals surface area contributed by atoms with Crippen LogP contribution >= 0.6 is 0 Å². The van der Waals surface area contributed by atoms with E-state index in [0.29, 0.717) is 11.3 Å². The van der Waals surface area contributed by atoms with Gasteiger partial charge in [0.1, 0.15) is 11.9 Å². The molecule has 0 radical (unpaired) electrons. The molecule has 0 aliphatic carbocycles. The number of carbonyl (C=O) groups is 3. The molecule has 3 amide bonds. The minimum atomic E-state index is -1.08. The number of amides is 3. The molecule has 4 rings (SSSR count). The molecule has 1 saturated heterocycles. The van der Waals surface area contributed by atoms with Crippen LogP contribution in [0.15, 0.2) is 78.9 Å². The fourth-order valence-electron chi connectivity index (χ4n) is 3.71. The zero-order valence-corrected chi connectivity index (χ0v) is 17.3. The number of benzene rings is 3. The van der Waals surface area contributed by atoms with Crippen molar-refractivity contribution in [1.29, 1.82) is 0 Å². The standard InChI is InChI=1S/C24H18FN3O5/c25-18-10-6-16(7-11-18)15-26(23(30)17-8-12-20(13-9-17)28(32)33)21-14-22(29)27(24(21)31)19-4-2-1-3-5-19/h1-13,21H,14-15H2. The van der Waals surface area contributed by atoms with E-state index in [1.54, 1.807) is 30.3 Å². The summed E-state index contributed by atoms with van der Waals surface area (Å²) < 4.78 is 13.4. The first-order valence-corrected chi connectivity index (χ1v) is 10.1. The van der Waals surface area contributed by atoms with E-state index in [2.05, 4.69) is 0 Å².